The maximum absolute atomic E-state index is 7.82. The fourth-order valence-corrected chi connectivity index (χ4v) is 7.95. The molecule has 0 saturated heterocycles. The largest absolute Gasteiger partial charge is 0.398 e. The number of nitrogens with zero attached hydrogens (tertiary/aromatic N) is 1. The zero-order chi connectivity index (χ0) is 38.0. The predicted octanol–water partition coefficient (Wildman–Crippen LogP) is 13.0. The summed E-state index contributed by atoms with van der Waals surface area (Å²) >= 11 is 0. The highest BCUT2D eigenvalue weighted by Gasteiger charge is 2.15. The van der Waals surface area contributed by atoms with Crippen LogP contribution in [0.1, 0.15) is 33.4 Å². The molecule has 0 aliphatic rings. The SMILES string of the molecule is C=C(c1ccc(/C(N)=C/C(=NCc2ccccc2)c2ccc(-c3cc4c5ccccc5c5ccccc5c4c4ccccc34)cc2)cc1)c1ccccc1C=N. The molecule has 56 heavy (non-hydrogen) atoms. The Balaban J connectivity index is 1.11. The van der Waals surface area contributed by atoms with E-state index >= 15 is 0 Å². The van der Waals surface area contributed by atoms with Crippen LogP contribution in [-0.2, 0) is 6.54 Å². The predicted molar refractivity (Wildman–Crippen MR) is 240 cm³/mol. The van der Waals surface area contributed by atoms with E-state index in [2.05, 4.69) is 122 Å². The molecule has 0 saturated carbocycles. The zero-order valence-electron chi connectivity index (χ0n) is 30.9. The van der Waals surface area contributed by atoms with Gasteiger partial charge in [0.15, 0.2) is 0 Å². The first kappa shape index (κ1) is 34.4. The van der Waals surface area contributed by atoms with Crippen LogP contribution >= 0.6 is 0 Å². The van der Waals surface area contributed by atoms with E-state index in [0.29, 0.717) is 12.2 Å². The molecule has 0 unspecified atom stereocenters. The maximum Gasteiger partial charge on any atom is 0.0671 e. The average Bonchev–Trinajstić information content (AvgIpc) is 3.27. The lowest BCUT2D eigenvalue weighted by atomic mass is 9.87. The van der Waals surface area contributed by atoms with Crippen molar-refractivity contribution in [2.24, 2.45) is 10.7 Å². The standard InChI is InChI=1S/C53H39N3/c1-35(42-16-6-5-15-41(42)33-54)37-23-27-39(28-24-37)51(55)32-52(56-34-36-13-3-2-4-14-36)40-29-25-38(26-30-40)49-31-50-45-19-8-7-17-43(45)44-18-9-11-21-47(44)53(50)48-22-12-10-20-46(48)49/h2-33,54H,1,34,55H2/b51-32-,54-33?,56-52?. The Morgan fingerprint density at radius 3 is 1.73 bits per heavy atom. The summed E-state index contributed by atoms with van der Waals surface area (Å²) in [6.45, 7) is 4.87. The number of hydrogen-bond acceptors (Lipinski definition) is 3. The van der Waals surface area contributed by atoms with E-state index in [1.54, 1.807) is 0 Å². The van der Waals surface area contributed by atoms with Gasteiger partial charge in [0.2, 0.25) is 0 Å². The molecular weight excluding hydrogens is 679 g/mol. The lowest BCUT2D eigenvalue weighted by Crippen LogP contribution is -2.05. The Hall–Kier alpha value is -7.36. The van der Waals surface area contributed by atoms with Crippen molar-refractivity contribution in [1.82, 2.24) is 0 Å². The van der Waals surface area contributed by atoms with Crippen molar-refractivity contribution in [3.8, 4) is 11.1 Å². The summed E-state index contributed by atoms with van der Waals surface area (Å²) in [6, 6.07) is 63.7. The molecule has 0 heterocycles. The van der Waals surface area contributed by atoms with E-state index in [1.165, 1.54) is 54.9 Å². The smallest absolute Gasteiger partial charge is 0.0671 e. The molecule has 3 heteroatoms. The van der Waals surface area contributed by atoms with Gasteiger partial charge in [-0.1, -0.05) is 183 Å². The topological polar surface area (TPSA) is 62.2 Å². The third kappa shape index (κ3) is 6.36. The van der Waals surface area contributed by atoms with Gasteiger partial charge in [-0.3, -0.25) is 4.99 Å². The number of benzene rings is 9. The Morgan fingerprint density at radius 2 is 1.05 bits per heavy atom. The van der Waals surface area contributed by atoms with Gasteiger partial charge in [-0.05, 0) is 105 Å². The summed E-state index contributed by atoms with van der Waals surface area (Å²) in [5, 5.41) is 17.9. The summed E-state index contributed by atoms with van der Waals surface area (Å²) in [6.07, 6.45) is 3.35. The van der Waals surface area contributed by atoms with Gasteiger partial charge in [0.25, 0.3) is 0 Å². The van der Waals surface area contributed by atoms with E-state index in [0.717, 1.165) is 50.2 Å². The fourth-order valence-electron chi connectivity index (χ4n) is 7.95. The van der Waals surface area contributed by atoms with Gasteiger partial charge in [-0.2, -0.15) is 0 Å². The van der Waals surface area contributed by atoms with Crippen LogP contribution in [0.2, 0.25) is 0 Å². The second-order valence-electron chi connectivity index (χ2n) is 14.1. The molecule has 0 bridgehead atoms. The monoisotopic (exact) mass is 717 g/mol. The van der Waals surface area contributed by atoms with Crippen LogP contribution in [0, 0.1) is 5.41 Å². The zero-order valence-corrected chi connectivity index (χ0v) is 30.9. The Kier molecular flexibility index (Phi) is 9.10. The van der Waals surface area contributed by atoms with Crippen molar-refractivity contribution in [2.75, 3.05) is 0 Å². The number of allylic oxidation sites excluding steroid dienone is 1. The van der Waals surface area contributed by atoms with Crippen LogP contribution in [0.25, 0.3) is 65.5 Å². The first-order valence-corrected chi connectivity index (χ1v) is 18.9. The van der Waals surface area contributed by atoms with E-state index < -0.39 is 0 Å². The van der Waals surface area contributed by atoms with Crippen LogP contribution in [0.5, 0.6) is 0 Å². The number of fused-ring (bicyclic) bond motifs is 8. The number of nitrogens with one attached hydrogen (secondary N) is 1. The second kappa shape index (κ2) is 14.8. The number of aliphatic imine (C=N–C) groups is 1. The Bertz CT molecular complexity index is 3010. The average molecular weight is 718 g/mol. The summed E-state index contributed by atoms with van der Waals surface area (Å²) in [5.41, 5.74) is 17.2. The first-order chi connectivity index (χ1) is 27.6. The number of hydrogen-bond donors (Lipinski definition) is 2. The van der Waals surface area contributed by atoms with Crippen molar-refractivity contribution in [2.45, 2.75) is 6.54 Å². The van der Waals surface area contributed by atoms with Crippen molar-refractivity contribution in [3.63, 3.8) is 0 Å². The molecule has 9 aromatic carbocycles. The van der Waals surface area contributed by atoms with Crippen LogP contribution in [0.3, 0.4) is 0 Å². The minimum Gasteiger partial charge on any atom is -0.398 e. The summed E-state index contributed by atoms with van der Waals surface area (Å²) in [5.74, 6) is 0. The van der Waals surface area contributed by atoms with Crippen molar-refractivity contribution in [3.05, 3.63) is 228 Å². The minimum absolute atomic E-state index is 0.531. The van der Waals surface area contributed by atoms with Gasteiger partial charge in [0.1, 0.15) is 0 Å². The highest BCUT2D eigenvalue weighted by Crippen LogP contribution is 2.42. The highest BCUT2D eigenvalue weighted by atomic mass is 14.7. The summed E-state index contributed by atoms with van der Waals surface area (Å²) in [4.78, 5) is 5.12. The minimum atomic E-state index is 0.531. The fraction of sp³-hybridized carbons (Fsp3) is 0.0189. The number of rotatable bonds is 9. The van der Waals surface area contributed by atoms with Gasteiger partial charge in [0.05, 0.1) is 12.3 Å². The molecule has 0 spiro atoms. The van der Waals surface area contributed by atoms with E-state index in [1.807, 2.05) is 72.8 Å². The molecule has 3 N–H and O–H groups in total. The molecule has 0 aliphatic heterocycles. The van der Waals surface area contributed by atoms with Crippen molar-refractivity contribution in [1.29, 1.82) is 5.41 Å². The van der Waals surface area contributed by atoms with Crippen LogP contribution in [0.4, 0.5) is 0 Å². The van der Waals surface area contributed by atoms with Gasteiger partial charge in [0, 0.05) is 11.9 Å². The molecule has 0 aromatic heterocycles. The molecule has 0 fully saturated rings. The quantitative estimate of drug-likeness (QED) is 0.113. The van der Waals surface area contributed by atoms with Crippen LogP contribution in [0.15, 0.2) is 200 Å². The van der Waals surface area contributed by atoms with Crippen LogP contribution < -0.4 is 5.73 Å². The van der Waals surface area contributed by atoms with Crippen molar-refractivity contribution >= 4 is 66.3 Å². The van der Waals surface area contributed by atoms with Crippen molar-refractivity contribution < 1.29 is 0 Å². The lowest BCUT2D eigenvalue weighted by Gasteiger charge is -2.16. The van der Waals surface area contributed by atoms with Gasteiger partial charge in [-0.15, -0.1) is 0 Å². The molecular formula is C53H39N3. The maximum atomic E-state index is 7.82. The highest BCUT2D eigenvalue weighted by molar-refractivity contribution is 6.33. The molecule has 0 aliphatic carbocycles. The van der Waals surface area contributed by atoms with E-state index in [-0.39, 0.29) is 0 Å². The lowest BCUT2D eigenvalue weighted by molar-refractivity contribution is 1.07. The molecule has 0 radical (unpaired) electrons. The summed E-state index contributed by atoms with van der Waals surface area (Å²) in [7, 11) is 0. The van der Waals surface area contributed by atoms with Crippen LogP contribution in [-0.4, -0.2) is 11.9 Å². The molecule has 266 valence electrons. The Labute approximate surface area is 326 Å². The summed E-state index contributed by atoms with van der Waals surface area (Å²) < 4.78 is 0. The molecule has 0 amide bonds. The molecule has 0 atom stereocenters. The number of nitrogens with two attached hydrogens (primary N) is 1. The normalized spacial score (nSPS) is 12.1. The van der Waals surface area contributed by atoms with Gasteiger partial charge >= 0.3 is 0 Å². The third-order valence-corrected chi connectivity index (χ3v) is 10.8. The van der Waals surface area contributed by atoms with E-state index in [9.17, 15) is 0 Å². The second-order valence-corrected chi connectivity index (χ2v) is 14.1. The first-order valence-electron chi connectivity index (χ1n) is 18.9. The molecule has 3 nitrogen and oxygen atoms in total. The van der Waals surface area contributed by atoms with Gasteiger partial charge < -0.3 is 11.1 Å². The Morgan fingerprint density at radius 1 is 0.536 bits per heavy atom. The molecule has 9 rings (SSSR count). The van der Waals surface area contributed by atoms with E-state index in [4.69, 9.17) is 16.1 Å². The third-order valence-electron chi connectivity index (χ3n) is 10.8. The van der Waals surface area contributed by atoms with Gasteiger partial charge in [-0.25, -0.2) is 0 Å². The molecule has 9 aromatic rings.